The fraction of sp³-hybridized carbons (Fsp3) is 0.467. The van der Waals surface area contributed by atoms with Crippen molar-refractivity contribution in [2.24, 2.45) is 0 Å². The largest absolute Gasteiger partial charge is 0.366 e. The zero-order chi connectivity index (χ0) is 14.8. The molecule has 1 unspecified atom stereocenters. The molecule has 0 bridgehead atoms. The second kappa shape index (κ2) is 5.83. The third-order valence-corrected chi connectivity index (χ3v) is 3.96. The number of morpholine rings is 1. The lowest BCUT2D eigenvalue weighted by Crippen LogP contribution is -2.53. The summed E-state index contributed by atoms with van der Waals surface area (Å²) < 4.78 is 5.50. The van der Waals surface area contributed by atoms with Crippen molar-refractivity contribution in [1.82, 2.24) is 15.3 Å². The first kappa shape index (κ1) is 14.0. The number of carbonyl (C=O) groups is 2. The molecule has 1 saturated heterocycles. The lowest BCUT2D eigenvalue weighted by atomic mass is 10.1. The number of rotatable bonds is 3. The molecule has 2 heterocycles. The van der Waals surface area contributed by atoms with Crippen molar-refractivity contribution >= 4 is 11.8 Å². The molecule has 0 spiro atoms. The molecule has 1 fully saturated rings. The van der Waals surface area contributed by atoms with Gasteiger partial charge in [-0.2, -0.15) is 0 Å². The molecule has 0 aliphatic carbocycles. The second-order valence-corrected chi connectivity index (χ2v) is 5.28. The Kier molecular flexibility index (Phi) is 3.90. The summed E-state index contributed by atoms with van der Waals surface area (Å²) >= 11 is 0. The molecule has 1 atom stereocenters. The SMILES string of the molecule is CCN1CCOC(C(=O)NN2Cc3ccccc3C2=O)C1. The number of fused-ring (bicyclic) bond motifs is 1. The number of nitrogens with one attached hydrogen (secondary N) is 1. The van der Waals surface area contributed by atoms with Crippen molar-refractivity contribution in [2.45, 2.75) is 19.6 Å². The molecule has 1 aromatic carbocycles. The molecular formula is C15H19N3O3. The number of likely N-dealkylation sites (N-methyl/N-ethyl adjacent to an activating group) is 1. The Balaban J connectivity index is 1.63. The molecule has 6 heteroatoms. The molecule has 0 aromatic heterocycles. The van der Waals surface area contributed by atoms with E-state index in [2.05, 4.69) is 17.2 Å². The van der Waals surface area contributed by atoms with E-state index < -0.39 is 6.10 Å². The number of amides is 2. The van der Waals surface area contributed by atoms with Crippen LogP contribution in [-0.4, -0.2) is 54.1 Å². The Morgan fingerprint density at radius 1 is 1.43 bits per heavy atom. The first-order valence-electron chi connectivity index (χ1n) is 7.23. The third kappa shape index (κ3) is 2.77. The highest BCUT2D eigenvalue weighted by Gasteiger charge is 2.32. The fourth-order valence-electron chi connectivity index (χ4n) is 2.70. The fourth-order valence-corrected chi connectivity index (χ4v) is 2.70. The van der Waals surface area contributed by atoms with Gasteiger partial charge in [-0.05, 0) is 18.2 Å². The van der Waals surface area contributed by atoms with Crippen molar-refractivity contribution < 1.29 is 14.3 Å². The Labute approximate surface area is 123 Å². The van der Waals surface area contributed by atoms with Crippen LogP contribution in [0.3, 0.4) is 0 Å². The van der Waals surface area contributed by atoms with Crippen LogP contribution in [0.25, 0.3) is 0 Å². The predicted molar refractivity (Wildman–Crippen MR) is 76.3 cm³/mol. The molecule has 1 aromatic rings. The van der Waals surface area contributed by atoms with E-state index in [0.29, 0.717) is 25.3 Å². The van der Waals surface area contributed by atoms with Gasteiger partial charge in [-0.25, -0.2) is 5.01 Å². The number of ether oxygens (including phenoxy) is 1. The standard InChI is InChI=1S/C15H19N3O3/c1-2-17-7-8-21-13(10-17)14(19)16-18-9-11-5-3-4-6-12(11)15(18)20/h3-6,13H,2,7-10H2,1H3,(H,16,19). The number of hydrazine groups is 1. The number of hydrogen-bond acceptors (Lipinski definition) is 4. The van der Waals surface area contributed by atoms with E-state index in [1.807, 2.05) is 18.2 Å². The number of hydrogen-bond donors (Lipinski definition) is 1. The van der Waals surface area contributed by atoms with E-state index in [1.165, 1.54) is 5.01 Å². The van der Waals surface area contributed by atoms with Gasteiger partial charge in [0.25, 0.3) is 11.8 Å². The van der Waals surface area contributed by atoms with Gasteiger partial charge in [-0.3, -0.25) is 19.9 Å². The van der Waals surface area contributed by atoms with Gasteiger partial charge in [0.2, 0.25) is 0 Å². The highest BCUT2D eigenvalue weighted by Crippen LogP contribution is 2.20. The van der Waals surface area contributed by atoms with E-state index >= 15 is 0 Å². The summed E-state index contributed by atoms with van der Waals surface area (Å²) in [5.41, 5.74) is 4.27. The molecule has 3 rings (SSSR count). The van der Waals surface area contributed by atoms with Gasteiger partial charge in [-0.1, -0.05) is 25.1 Å². The molecule has 0 radical (unpaired) electrons. The average Bonchev–Trinajstić information content (AvgIpc) is 2.84. The van der Waals surface area contributed by atoms with Gasteiger partial charge < -0.3 is 4.74 Å². The maximum Gasteiger partial charge on any atom is 0.272 e. The van der Waals surface area contributed by atoms with Crippen molar-refractivity contribution in [3.63, 3.8) is 0 Å². The normalized spacial score (nSPS) is 22.2. The summed E-state index contributed by atoms with van der Waals surface area (Å²) in [4.78, 5) is 26.6. The zero-order valence-corrected chi connectivity index (χ0v) is 12.0. The monoisotopic (exact) mass is 289 g/mol. The molecule has 2 amide bonds. The number of nitrogens with zero attached hydrogens (tertiary/aromatic N) is 2. The molecule has 2 aliphatic heterocycles. The van der Waals surface area contributed by atoms with Crippen LogP contribution in [0.1, 0.15) is 22.8 Å². The van der Waals surface area contributed by atoms with E-state index in [4.69, 9.17) is 4.74 Å². The van der Waals surface area contributed by atoms with E-state index in [1.54, 1.807) is 6.07 Å². The number of carbonyl (C=O) groups excluding carboxylic acids is 2. The van der Waals surface area contributed by atoms with Gasteiger partial charge in [0.05, 0.1) is 13.2 Å². The quantitative estimate of drug-likeness (QED) is 0.874. The van der Waals surface area contributed by atoms with Crippen LogP contribution in [0.2, 0.25) is 0 Å². The minimum atomic E-state index is -0.518. The van der Waals surface area contributed by atoms with Crippen LogP contribution in [0.15, 0.2) is 24.3 Å². The van der Waals surface area contributed by atoms with Crippen LogP contribution in [0, 0.1) is 0 Å². The summed E-state index contributed by atoms with van der Waals surface area (Å²) in [6.45, 7) is 5.30. The zero-order valence-electron chi connectivity index (χ0n) is 12.0. The summed E-state index contributed by atoms with van der Waals surface area (Å²) in [6.07, 6.45) is -0.518. The van der Waals surface area contributed by atoms with Gasteiger partial charge in [0.1, 0.15) is 0 Å². The highest BCUT2D eigenvalue weighted by molar-refractivity contribution is 5.99. The van der Waals surface area contributed by atoms with Crippen LogP contribution in [0.5, 0.6) is 0 Å². The summed E-state index contributed by atoms with van der Waals surface area (Å²) in [5.74, 6) is -0.420. The maximum absolute atomic E-state index is 12.3. The average molecular weight is 289 g/mol. The lowest BCUT2D eigenvalue weighted by molar-refractivity contribution is -0.142. The molecule has 2 aliphatic rings. The maximum atomic E-state index is 12.3. The molecule has 0 saturated carbocycles. The Morgan fingerprint density at radius 2 is 2.24 bits per heavy atom. The van der Waals surface area contributed by atoms with Crippen LogP contribution in [0.4, 0.5) is 0 Å². The van der Waals surface area contributed by atoms with E-state index in [-0.39, 0.29) is 11.8 Å². The smallest absolute Gasteiger partial charge is 0.272 e. The van der Waals surface area contributed by atoms with Gasteiger partial charge in [-0.15, -0.1) is 0 Å². The Bertz CT molecular complexity index is 561. The highest BCUT2D eigenvalue weighted by atomic mass is 16.5. The molecular weight excluding hydrogens is 270 g/mol. The Morgan fingerprint density at radius 3 is 3.00 bits per heavy atom. The molecule has 6 nitrogen and oxygen atoms in total. The molecule has 21 heavy (non-hydrogen) atoms. The second-order valence-electron chi connectivity index (χ2n) is 5.28. The van der Waals surface area contributed by atoms with Gasteiger partial charge >= 0.3 is 0 Å². The lowest BCUT2D eigenvalue weighted by Gasteiger charge is -2.32. The van der Waals surface area contributed by atoms with Crippen LogP contribution in [-0.2, 0) is 16.1 Å². The van der Waals surface area contributed by atoms with Crippen molar-refractivity contribution in [2.75, 3.05) is 26.2 Å². The van der Waals surface area contributed by atoms with Crippen molar-refractivity contribution in [3.05, 3.63) is 35.4 Å². The topological polar surface area (TPSA) is 61.9 Å². The molecule has 112 valence electrons. The van der Waals surface area contributed by atoms with E-state index in [0.717, 1.165) is 18.7 Å². The van der Waals surface area contributed by atoms with Crippen molar-refractivity contribution in [1.29, 1.82) is 0 Å². The first-order valence-corrected chi connectivity index (χ1v) is 7.23. The van der Waals surface area contributed by atoms with Crippen LogP contribution < -0.4 is 5.43 Å². The summed E-state index contributed by atoms with van der Waals surface area (Å²) in [5, 5.41) is 1.36. The minimum Gasteiger partial charge on any atom is -0.366 e. The van der Waals surface area contributed by atoms with E-state index in [9.17, 15) is 9.59 Å². The van der Waals surface area contributed by atoms with Crippen LogP contribution >= 0.6 is 0 Å². The number of benzene rings is 1. The van der Waals surface area contributed by atoms with Gasteiger partial charge in [0.15, 0.2) is 6.10 Å². The first-order chi connectivity index (χ1) is 10.2. The van der Waals surface area contributed by atoms with Gasteiger partial charge in [0, 0.05) is 18.7 Å². The summed E-state index contributed by atoms with van der Waals surface area (Å²) in [7, 11) is 0. The van der Waals surface area contributed by atoms with Crippen molar-refractivity contribution in [3.8, 4) is 0 Å². The predicted octanol–water partition coefficient (Wildman–Crippen LogP) is 0.394. The molecule has 1 N–H and O–H groups in total. The minimum absolute atomic E-state index is 0.165. The third-order valence-electron chi connectivity index (χ3n) is 3.96. The Hall–Kier alpha value is -1.92. The summed E-state index contributed by atoms with van der Waals surface area (Å²) in [6, 6.07) is 7.39.